The quantitative estimate of drug-likeness (QED) is 0.510. The van der Waals surface area contributed by atoms with E-state index in [0.29, 0.717) is 28.8 Å². The third-order valence-electron chi connectivity index (χ3n) is 4.57. The first kappa shape index (κ1) is 20.2. The number of rotatable bonds is 7. The summed E-state index contributed by atoms with van der Waals surface area (Å²) in [5.74, 6) is 0.990. The normalized spacial score (nSPS) is 12.9. The lowest BCUT2D eigenvalue weighted by Gasteiger charge is -2.15. The van der Waals surface area contributed by atoms with Crippen molar-refractivity contribution in [1.82, 2.24) is 30.6 Å². The molecule has 1 fully saturated rings. The summed E-state index contributed by atoms with van der Waals surface area (Å²) in [6.07, 6.45) is 3.24. The average molecular weight is 424 g/mol. The Balaban J connectivity index is 1.71. The lowest BCUT2D eigenvalue weighted by atomic mass is 10.2. The van der Waals surface area contributed by atoms with E-state index < -0.39 is 5.91 Å². The Morgan fingerprint density at radius 2 is 2.06 bits per heavy atom. The first-order valence-corrected chi connectivity index (χ1v) is 9.51. The van der Waals surface area contributed by atoms with Crippen molar-refractivity contribution in [2.24, 2.45) is 5.92 Å². The smallest absolute Gasteiger partial charge is 0.273 e. The second-order valence-electron chi connectivity index (χ2n) is 6.84. The fraction of sp³-hybridized carbons (Fsp3) is 0.316. The van der Waals surface area contributed by atoms with Crippen LogP contribution in [0.1, 0.15) is 29.2 Å². The van der Waals surface area contributed by atoms with Crippen LogP contribution in [0.3, 0.4) is 0 Å². The van der Waals surface area contributed by atoms with Gasteiger partial charge < -0.3 is 25.2 Å². The van der Waals surface area contributed by atoms with Crippen molar-refractivity contribution >= 4 is 29.1 Å². The standard InChI is InChI=1S/C19H20N8O4/c1-9-22-16(27-31-9)11-6-7-21-17(15(11)30-3)23-12-8-13(24-18(28)10-4-5-10)25-26-14(12)19(29)20-2/h6-8,10H,4-5H2,1-3H3,(H,20,29)(H2,21,23,24,25,28). The number of aromatic nitrogens is 5. The maximum atomic E-state index is 12.3. The van der Waals surface area contributed by atoms with Crippen LogP contribution in [0, 0.1) is 12.8 Å². The minimum absolute atomic E-state index is 0.00585. The van der Waals surface area contributed by atoms with Crippen molar-refractivity contribution < 1.29 is 18.8 Å². The molecule has 31 heavy (non-hydrogen) atoms. The zero-order chi connectivity index (χ0) is 22.0. The fourth-order valence-electron chi connectivity index (χ4n) is 2.86. The van der Waals surface area contributed by atoms with Gasteiger partial charge in [0.05, 0.1) is 18.4 Å². The number of nitrogens with one attached hydrogen (secondary N) is 3. The highest BCUT2D eigenvalue weighted by Crippen LogP contribution is 2.36. The van der Waals surface area contributed by atoms with Crippen LogP contribution in [-0.2, 0) is 4.79 Å². The SMILES string of the molecule is CNC(=O)c1nnc(NC(=O)C2CC2)cc1Nc1nccc(-c2noc(C)n2)c1OC. The number of hydrogen-bond acceptors (Lipinski definition) is 10. The predicted octanol–water partition coefficient (Wildman–Crippen LogP) is 1.69. The average Bonchev–Trinajstić information content (AvgIpc) is 3.54. The summed E-state index contributed by atoms with van der Waals surface area (Å²) in [4.78, 5) is 32.9. The van der Waals surface area contributed by atoms with Crippen molar-refractivity contribution in [2.75, 3.05) is 24.8 Å². The van der Waals surface area contributed by atoms with Gasteiger partial charge in [-0.2, -0.15) is 4.98 Å². The summed E-state index contributed by atoms with van der Waals surface area (Å²) in [5, 5.41) is 20.1. The van der Waals surface area contributed by atoms with Crippen molar-refractivity contribution in [1.29, 1.82) is 0 Å². The Kier molecular flexibility index (Phi) is 5.43. The van der Waals surface area contributed by atoms with Crippen LogP contribution in [-0.4, -0.2) is 51.3 Å². The number of carbonyl (C=O) groups excluding carboxylic acids is 2. The van der Waals surface area contributed by atoms with Gasteiger partial charge in [-0.05, 0) is 18.9 Å². The molecule has 3 aromatic heterocycles. The van der Waals surface area contributed by atoms with Crippen molar-refractivity contribution in [3.8, 4) is 17.1 Å². The number of pyridine rings is 1. The molecule has 0 radical (unpaired) electrons. The molecule has 12 nitrogen and oxygen atoms in total. The highest BCUT2D eigenvalue weighted by Gasteiger charge is 2.30. The Morgan fingerprint density at radius 1 is 1.26 bits per heavy atom. The molecular weight excluding hydrogens is 404 g/mol. The molecule has 0 aromatic carbocycles. The molecule has 1 aliphatic rings. The van der Waals surface area contributed by atoms with E-state index in [2.05, 4.69) is 41.3 Å². The summed E-state index contributed by atoms with van der Waals surface area (Å²) < 4.78 is 10.6. The molecule has 0 unspecified atom stereocenters. The third-order valence-corrected chi connectivity index (χ3v) is 4.57. The van der Waals surface area contributed by atoms with E-state index in [-0.39, 0.29) is 29.0 Å². The van der Waals surface area contributed by atoms with E-state index in [1.165, 1.54) is 26.4 Å². The van der Waals surface area contributed by atoms with E-state index in [4.69, 9.17) is 9.26 Å². The molecular formula is C19H20N8O4. The minimum Gasteiger partial charge on any atom is -0.492 e. The summed E-state index contributed by atoms with van der Waals surface area (Å²) in [7, 11) is 2.96. The second kappa shape index (κ2) is 8.34. The Labute approximate surface area is 176 Å². The highest BCUT2D eigenvalue weighted by molar-refractivity contribution is 5.99. The van der Waals surface area contributed by atoms with E-state index in [1.54, 1.807) is 13.0 Å². The van der Waals surface area contributed by atoms with E-state index in [0.717, 1.165) is 12.8 Å². The lowest BCUT2D eigenvalue weighted by molar-refractivity contribution is -0.117. The number of carbonyl (C=O) groups is 2. The van der Waals surface area contributed by atoms with Gasteiger partial charge >= 0.3 is 0 Å². The molecule has 4 rings (SSSR count). The number of methoxy groups -OCH3 is 1. The molecule has 12 heteroatoms. The van der Waals surface area contributed by atoms with Crippen molar-refractivity contribution in [2.45, 2.75) is 19.8 Å². The molecule has 1 saturated carbocycles. The van der Waals surface area contributed by atoms with Crippen molar-refractivity contribution in [3.63, 3.8) is 0 Å². The second-order valence-corrected chi connectivity index (χ2v) is 6.84. The molecule has 3 aromatic rings. The number of ether oxygens (including phenoxy) is 1. The fourth-order valence-corrected chi connectivity index (χ4v) is 2.86. The monoisotopic (exact) mass is 424 g/mol. The largest absolute Gasteiger partial charge is 0.492 e. The molecule has 1 aliphatic carbocycles. The maximum absolute atomic E-state index is 12.3. The Morgan fingerprint density at radius 3 is 2.71 bits per heavy atom. The van der Waals surface area contributed by atoms with Crippen LogP contribution < -0.4 is 20.7 Å². The molecule has 2 amide bonds. The minimum atomic E-state index is -0.459. The van der Waals surface area contributed by atoms with Gasteiger partial charge in [0.15, 0.2) is 23.1 Å². The van der Waals surface area contributed by atoms with Gasteiger partial charge in [-0.1, -0.05) is 5.16 Å². The first-order valence-electron chi connectivity index (χ1n) is 9.51. The van der Waals surface area contributed by atoms with Gasteiger partial charge in [-0.3, -0.25) is 9.59 Å². The molecule has 3 N–H and O–H groups in total. The summed E-state index contributed by atoms with van der Waals surface area (Å²) in [6.45, 7) is 1.68. The maximum Gasteiger partial charge on any atom is 0.273 e. The molecule has 160 valence electrons. The van der Waals surface area contributed by atoms with Crippen LogP contribution >= 0.6 is 0 Å². The predicted molar refractivity (Wildman–Crippen MR) is 109 cm³/mol. The first-order chi connectivity index (χ1) is 15.0. The molecule has 0 atom stereocenters. The number of nitrogens with zero attached hydrogens (tertiary/aromatic N) is 5. The van der Waals surface area contributed by atoms with Gasteiger partial charge in [0, 0.05) is 32.2 Å². The zero-order valence-electron chi connectivity index (χ0n) is 17.1. The summed E-state index contributed by atoms with van der Waals surface area (Å²) in [6, 6.07) is 3.20. The van der Waals surface area contributed by atoms with Crippen LogP contribution in [0.25, 0.3) is 11.4 Å². The van der Waals surface area contributed by atoms with Crippen LogP contribution in [0.2, 0.25) is 0 Å². The number of hydrogen-bond donors (Lipinski definition) is 3. The number of amides is 2. The molecule has 0 bridgehead atoms. The topological polar surface area (TPSA) is 157 Å². The number of anilines is 3. The molecule has 0 spiro atoms. The zero-order valence-corrected chi connectivity index (χ0v) is 17.1. The van der Waals surface area contributed by atoms with Crippen LogP contribution in [0.5, 0.6) is 5.75 Å². The third kappa shape index (κ3) is 4.27. The number of aryl methyl sites for hydroxylation is 1. The summed E-state index contributed by atoms with van der Waals surface area (Å²) in [5.41, 5.74) is 0.854. The molecule has 0 aliphatic heterocycles. The molecule has 3 heterocycles. The molecule has 0 saturated heterocycles. The lowest BCUT2D eigenvalue weighted by Crippen LogP contribution is -2.22. The van der Waals surface area contributed by atoms with Crippen LogP contribution in [0.4, 0.5) is 17.3 Å². The van der Waals surface area contributed by atoms with Crippen molar-refractivity contribution in [3.05, 3.63) is 29.9 Å². The van der Waals surface area contributed by atoms with Gasteiger partial charge in [0.25, 0.3) is 5.91 Å². The van der Waals surface area contributed by atoms with E-state index >= 15 is 0 Å². The Bertz CT molecular complexity index is 1140. The van der Waals surface area contributed by atoms with Gasteiger partial charge in [0.2, 0.25) is 17.6 Å². The van der Waals surface area contributed by atoms with E-state index in [9.17, 15) is 9.59 Å². The van der Waals surface area contributed by atoms with Gasteiger partial charge in [0.1, 0.15) is 0 Å². The Hall–Kier alpha value is -4.09. The van der Waals surface area contributed by atoms with Crippen LogP contribution in [0.15, 0.2) is 22.9 Å². The van der Waals surface area contributed by atoms with Gasteiger partial charge in [-0.15, -0.1) is 10.2 Å². The summed E-state index contributed by atoms with van der Waals surface area (Å²) >= 11 is 0. The highest BCUT2D eigenvalue weighted by atomic mass is 16.5. The van der Waals surface area contributed by atoms with E-state index in [1.807, 2.05) is 0 Å². The van der Waals surface area contributed by atoms with Gasteiger partial charge in [-0.25, -0.2) is 4.98 Å².